The van der Waals surface area contributed by atoms with Crippen LogP contribution in [0.1, 0.15) is 26.2 Å². The summed E-state index contributed by atoms with van der Waals surface area (Å²) in [5.74, 6) is -1.05. The number of nitrogens with zero attached hydrogens (tertiary/aromatic N) is 1. The molecule has 0 saturated carbocycles. The lowest BCUT2D eigenvalue weighted by atomic mass is 10.1. The first-order chi connectivity index (χ1) is 9.97. The van der Waals surface area contributed by atoms with E-state index >= 15 is 0 Å². The Morgan fingerprint density at radius 3 is 2.76 bits per heavy atom. The number of amides is 1. The molecular weight excluding hydrogens is 272 g/mol. The molecule has 1 heterocycles. The minimum atomic E-state index is -0.843. The lowest BCUT2D eigenvalue weighted by molar-refractivity contribution is -0.153. The maximum Gasteiger partial charge on any atom is 0.313 e. The minimum Gasteiger partial charge on any atom is -0.465 e. The van der Waals surface area contributed by atoms with Crippen LogP contribution in [0, 0.1) is 5.92 Å². The Morgan fingerprint density at radius 1 is 1.48 bits per heavy atom. The molecule has 0 aromatic carbocycles. The van der Waals surface area contributed by atoms with Crippen molar-refractivity contribution in [2.45, 2.75) is 32.4 Å². The zero-order valence-corrected chi connectivity index (χ0v) is 12.5. The maximum absolute atomic E-state index is 11.8. The van der Waals surface area contributed by atoms with Crippen molar-refractivity contribution in [2.75, 3.05) is 19.7 Å². The molecule has 1 amide bonds. The van der Waals surface area contributed by atoms with Gasteiger partial charge in [-0.05, 0) is 32.4 Å². The molecule has 2 atom stereocenters. The second-order valence-corrected chi connectivity index (χ2v) is 5.14. The third kappa shape index (κ3) is 5.23. The number of carbonyl (C=O) groups excluding carboxylic acids is 2. The molecule has 2 unspecified atom stereocenters. The zero-order valence-electron chi connectivity index (χ0n) is 12.5. The average molecular weight is 296 g/mol. The summed E-state index contributed by atoms with van der Waals surface area (Å²) in [4.78, 5) is 24.7. The van der Waals surface area contributed by atoms with E-state index in [4.69, 9.17) is 4.74 Å². The standard InChI is InChI=1S/C15H24N2O4/c1-4-17-9-7-12(14(17)19)15(20)21-10-6-5-8-16-13(18)11(2)3/h4,12,14,19H,1-2,5-10H2,3H3,(H,16,18). The fraction of sp³-hybridized carbons (Fsp3) is 0.600. The van der Waals surface area contributed by atoms with Gasteiger partial charge >= 0.3 is 5.97 Å². The molecule has 6 heteroatoms. The third-order valence-electron chi connectivity index (χ3n) is 3.42. The van der Waals surface area contributed by atoms with Gasteiger partial charge in [0.2, 0.25) is 5.91 Å². The van der Waals surface area contributed by atoms with Crippen molar-refractivity contribution >= 4 is 11.9 Å². The quantitative estimate of drug-likeness (QED) is 0.393. The highest BCUT2D eigenvalue weighted by Gasteiger charge is 2.36. The summed E-state index contributed by atoms with van der Waals surface area (Å²) in [6.45, 7) is 10.2. The normalized spacial score (nSPS) is 21.0. The number of aliphatic hydroxyl groups is 1. The molecule has 118 valence electrons. The van der Waals surface area contributed by atoms with Gasteiger partial charge < -0.3 is 20.1 Å². The van der Waals surface area contributed by atoms with Crippen LogP contribution in [0.2, 0.25) is 0 Å². The van der Waals surface area contributed by atoms with Crippen LogP contribution in [0.3, 0.4) is 0 Å². The predicted octanol–water partition coefficient (Wildman–Crippen LogP) is 0.786. The van der Waals surface area contributed by atoms with E-state index in [9.17, 15) is 14.7 Å². The number of ether oxygens (including phenoxy) is 1. The number of carbonyl (C=O) groups is 2. The van der Waals surface area contributed by atoms with E-state index in [1.165, 1.54) is 6.20 Å². The maximum atomic E-state index is 11.8. The van der Waals surface area contributed by atoms with Crippen molar-refractivity contribution in [1.82, 2.24) is 10.2 Å². The highest BCUT2D eigenvalue weighted by Crippen LogP contribution is 2.23. The molecule has 0 spiro atoms. The number of esters is 1. The second-order valence-electron chi connectivity index (χ2n) is 5.14. The third-order valence-corrected chi connectivity index (χ3v) is 3.42. The zero-order chi connectivity index (χ0) is 15.8. The smallest absolute Gasteiger partial charge is 0.313 e. The van der Waals surface area contributed by atoms with Gasteiger partial charge in [-0.25, -0.2) is 0 Å². The molecule has 0 radical (unpaired) electrons. The van der Waals surface area contributed by atoms with E-state index in [-0.39, 0.29) is 11.9 Å². The number of rotatable bonds is 8. The first-order valence-electron chi connectivity index (χ1n) is 7.14. The number of likely N-dealkylation sites (tertiary alicyclic amines) is 1. The molecule has 0 aromatic rings. The van der Waals surface area contributed by atoms with Crippen molar-refractivity contribution in [3.05, 3.63) is 24.9 Å². The van der Waals surface area contributed by atoms with E-state index in [1.807, 2.05) is 0 Å². The van der Waals surface area contributed by atoms with Crippen molar-refractivity contribution in [3.8, 4) is 0 Å². The molecule has 1 fully saturated rings. The van der Waals surface area contributed by atoms with E-state index in [2.05, 4.69) is 18.5 Å². The number of unbranched alkanes of at least 4 members (excludes halogenated alkanes) is 1. The van der Waals surface area contributed by atoms with Gasteiger partial charge in [-0.1, -0.05) is 13.2 Å². The van der Waals surface area contributed by atoms with Crippen LogP contribution in [0.15, 0.2) is 24.9 Å². The molecule has 1 saturated heterocycles. The Labute approximate surface area is 125 Å². The van der Waals surface area contributed by atoms with Crippen LogP contribution in [-0.2, 0) is 14.3 Å². The summed E-state index contributed by atoms with van der Waals surface area (Å²) in [7, 11) is 0. The van der Waals surface area contributed by atoms with Crippen LogP contribution in [0.5, 0.6) is 0 Å². The monoisotopic (exact) mass is 296 g/mol. The molecule has 0 aromatic heterocycles. The van der Waals surface area contributed by atoms with Crippen molar-refractivity contribution in [2.24, 2.45) is 5.92 Å². The Hall–Kier alpha value is -1.82. The molecule has 1 aliphatic heterocycles. The molecule has 1 rings (SSSR count). The first kappa shape index (κ1) is 17.2. The minimum absolute atomic E-state index is 0.161. The van der Waals surface area contributed by atoms with Crippen molar-refractivity contribution in [3.63, 3.8) is 0 Å². The van der Waals surface area contributed by atoms with Crippen molar-refractivity contribution < 1.29 is 19.4 Å². The van der Waals surface area contributed by atoms with Gasteiger partial charge in [-0.3, -0.25) is 9.59 Å². The fourth-order valence-corrected chi connectivity index (χ4v) is 2.10. The number of hydrogen-bond acceptors (Lipinski definition) is 5. The summed E-state index contributed by atoms with van der Waals surface area (Å²) in [6, 6.07) is 0. The summed E-state index contributed by atoms with van der Waals surface area (Å²) < 4.78 is 5.15. The molecule has 0 aliphatic carbocycles. The van der Waals surface area contributed by atoms with Gasteiger partial charge in [0.25, 0.3) is 0 Å². The van der Waals surface area contributed by atoms with E-state index in [0.717, 1.165) is 6.42 Å². The van der Waals surface area contributed by atoms with Gasteiger partial charge in [-0.2, -0.15) is 0 Å². The van der Waals surface area contributed by atoms with E-state index < -0.39 is 12.1 Å². The Balaban J connectivity index is 2.13. The van der Waals surface area contributed by atoms with Gasteiger partial charge in [-0.15, -0.1) is 0 Å². The van der Waals surface area contributed by atoms with Crippen LogP contribution in [0.4, 0.5) is 0 Å². The van der Waals surface area contributed by atoms with E-state index in [1.54, 1.807) is 11.8 Å². The topological polar surface area (TPSA) is 78.9 Å². The highest BCUT2D eigenvalue weighted by atomic mass is 16.5. The molecular formula is C15H24N2O4. The SMILES string of the molecule is C=CN1CCC(C(=O)OCCCCNC(=O)C(=C)C)C1O. The van der Waals surface area contributed by atoms with E-state index in [0.29, 0.717) is 38.1 Å². The van der Waals surface area contributed by atoms with Crippen molar-refractivity contribution in [1.29, 1.82) is 0 Å². The average Bonchev–Trinajstić information content (AvgIpc) is 2.82. The van der Waals surface area contributed by atoms with Gasteiger partial charge in [0, 0.05) is 18.7 Å². The Kier molecular flexibility index (Phi) is 6.94. The lowest BCUT2D eigenvalue weighted by Crippen LogP contribution is -2.33. The molecule has 6 nitrogen and oxygen atoms in total. The van der Waals surface area contributed by atoms with Gasteiger partial charge in [0.05, 0.1) is 6.61 Å². The largest absolute Gasteiger partial charge is 0.465 e. The van der Waals surface area contributed by atoms with Crippen LogP contribution in [-0.4, -0.2) is 47.8 Å². The van der Waals surface area contributed by atoms with Gasteiger partial charge in [0.15, 0.2) is 0 Å². The summed E-state index contributed by atoms with van der Waals surface area (Å²) in [6.07, 6.45) is 2.64. The number of nitrogens with one attached hydrogen (secondary N) is 1. The van der Waals surface area contributed by atoms with Gasteiger partial charge in [0.1, 0.15) is 12.1 Å². The second kappa shape index (κ2) is 8.46. The summed E-state index contributed by atoms with van der Waals surface area (Å²) >= 11 is 0. The molecule has 0 bridgehead atoms. The van der Waals surface area contributed by atoms with Crippen LogP contribution < -0.4 is 5.32 Å². The molecule has 2 N–H and O–H groups in total. The lowest BCUT2D eigenvalue weighted by Gasteiger charge is -2.20. The summed E-state index contributed by atoms with van der Waals surface area (Å²) in [5.41, 5.74) is 0.475. The first-order valence-corrected chi connectivity index (χ1v) is 7.14. The number of hydrogen-bond donors (Lipinski definition) is 2. The fourth-order valence-electron chi connectivity index (χ4n) is 2.10. The molecule has 1 aliphatic rings. The molecule has 21 heavy (non-hydrogen) atoms. The predicted molar refractivity (Wildman–Crippen MR) is 79.0 cm³/mol. The Morgan fingerprint density at radius 2 is 2.19 bits per heavy atom. The number of aliphatic hydroxyl groups excluding tert-OH is 1. The van der Waals surface area contributed by atoms with Crippen LogP contribution in [0.25, 0.3) is 0 Å². The highest BCUT2D eigenvalue weighted by molar-refractivity contribution is 5.91. The van der Waals surface area contributed by atoms with Crippen LogP contribution >= 0.6 is 0 Å². The Bertz CT molecular complexity index is 408. The summed E-state index contributed by atoms with van der Waals surface area (Å²) in [5, 5.41) is 12.6.